The van der Waals surface area contributed by atoms with Crippen LogP contribution in [0.1, 0.15) is 34.1 Å². The summed E-state index contributed by atoms with van der Waals surface area (Å²) < 4.78 is 0. The molecule has 1 aliphatic rings. The SMILES string of the molecule is CC(C)CC(C)(C)C(=O)NCC1CNCC1O. The quantitative estimate of drug-likeness (QED) is 0.667. The van der Waals surface area contributed by atoms with Crippen molar-refractivity contribution in [1.82, 2.24) is 10.6 Å². The van der Waals surface area contributed by atoms with E-state index in [1.54, 1.807) is 0 Å². The number of rotatable bonds is 5. The number of β-amino-alcohol motifs (C(OH)–C–C–N with tert-alkyl or cyclic N) is 1. The molecule has 1 amide bonds. The van der Waals surface area contributed by atoms with Gasteiger partial charge in [0.25, 0.3) is 0 Å². The zero-order valence-electron chi connectivity index (χ0n) is 11.4. The molecule has 2 unspecified atom stereocenters. The summed E-state index contributed by atoms with van der Waals surface area (Å²) in [6.45, 7) is 10.2. The minimum Gasteiger partial charge on any atom is -0.391 e. The number of aliphatic hydroxyl groups is 1. The van der Waals surface area contributed by atoms with E-state index < -0.39 is 0 Å². The third kappa shape index (κ3) is 4.28. The Balaban J connectivity index is 2.38. The van der Waals surface area contributed by atoms with Crippen molar-refractivity contribution in [1.29, 1.82) is 0 Å². The summed E-state index contributed by atoms with van der Waals surface area (Å²) in [7, 11) is 0. The predicted octanol–water partition coefficient (Wildman–Crippen LogP) is 0.755. The fourth-order valence-electron chi connectivity index (χ4n) is 2.50. The molecule has 2 atom stereocenters. The highest BCUT2D eigenvalue weighted by molar-refractivity contribution is 5.81. The molecular formula is C13H26N2O2. The Hall–Kier alpha value is -0.610. The first-order valence-corrected chi connectivity index (χ1v) is 6.50. The molecule has 17 heavy (non-hydrogen) atoms. The highest BCUT2D eigenvalue weighted by Gasteiger charge is 2.30. The molecule has 1 fully saturated rings. The van der Waals surface area contributed by atoms with E-state index in [0.717, 1.165) is 13.0 Å². The van der Waals surface area contributed by atoms with Gasteiger partial charge in [-0.05, 0) is 12.3 Å². The number of carbonyl (C=O) groups is 1. The fraction of sp³-hybridized carbons (Fsp3) is 0.923. The van der Waals surface area contributed by atoms with Gasteiger partial charge >= 0.3 is 0 Å². The van der Waals surface area contributed by atoms with Crippen LogP contribution in [0, 0.1) is 17.3 Å². The molecule has 1 heterocycles. The number of aliphatic hydroxyl groups excluding tert-OH is 1. The van der Waals surface area contributed by atoms with Gasteiger partial charge in [-0.3, -0.25) is 4.79 Å². The molecule has 0 aromatic heterocycles. The van der Waals surface area contributed by atoms with Gasteiger partial charge in [0.1, 0.15) is 0 Å². The Morgan fingerprint density at radius 1 is 1.47 bits per heavy atom. The normalized spacial score (nSPS) is 25.3. The molecule has 0 spiro atoms. The summed E-state index contributed by atoms with van der Waals surface area (Å²) >= 11 is 0. The standard InChI is InChI=1S/C13H26N2O2/c1-9(2)5-13(3,4)12(17)15-7-10-6-14-8-11(10)16/h9-11,14,16H,5-8H2,1-4H3,(H,15,17). The van der Waals surface area contributed by atoms with E-state index in [9.17, 15) is 9.90 Å². The van der Waals surface area contributed by atoms with Crippen LogP contribution >= 0.6 is 0 Å². The molecule has 4 heteroatoms. The van der Waals surface area contributed by atoms with Gasteiger partial charge in [0.05, 0.1) is 6.10 Å². The molecule has 100 valence electrons. The third-order valence-corrected chi connectivity index (χ3v) is 3.36. The number of hydrogen-bond donors (Lipinski definition) is 3. The van der Waals surface area contributed by atoms with Crippen LogP contribution in [0.3, 0.4) is 0 Å². The molecule has 0 aromatic rings. The summed E-state index contributed by atoms with van der Waals surface area (Å²) in [5.41, 5.74) is -0.328. The Morgan fingerprint density at radius 2 is 2.12 bits per heavy atom. The Kier molecular flexibility index (Phi) is 4.95. The van der Waals surface area contributed by atoms with Crippen molar-refractivity contribution < 1.29 is 9.90 Å². The molecule has 0 saturated carbocycles. The Bertz CT molecular complexity index is 264. The van der Waals surface area contributed by atoms with E-state index in [4.69, 9.17) is 0 Å². The van der Waals surface area contributed by atoms with Crippen LogP contribution in [0.15, 0.2) is 0 Å². The first kappa shape index (κ1) is 14.5. The number of nitrogens with one attached hydrogen (secondary N) is 2. The molecule has 3 N–H and O–H groups in total. The van der Waals surface area contributed by atoms with Crippen LogP contribution < -0.4 is 10.6 Å². The highest BCUT2D eigenvalue weighted by Crippen LogP contribution is 2.25. The van der Waals surface area contributed by atoms with Crippen molar-refractivity contribution in [2.24, 2.45) is 17.3 Å². The van der Waals surface area contributed by atoms with Crippen molar-refractivity contribution in [3.63, 3.8) is 0 Å². The maximum Gasteiger partial charge on any atom is 0.225 e. The zero-order chi connectivity index (χ0) is 13.1. The molecule has 1 aliphatic heterocycles. The number of carbonyl (C=O) groups excluding carboxylic acids is 1. The van der Waals surface area contributed by atoms with E-state index in [1.165, 1.54) is 0 Å². The second kappa shape index (κ2) is 5.83. The number of amides is 1. The van der Waals surface area contributed by atoms with E-state index in [1.807, 2.05) is 13.8 Å². The fourth-order valence-corrected chi connectivity index (χ4v) is 2.50. The second-order valence-electron chi connectivity index (χ2n) is 6.18. The molecule has 0 radical (unpaired) electrons. The van der Waals surface area contributed by atoms with Crippen LogP contribution in [0.4, 0.5) is 0 Å². The molecule has 0 aromatic carbocycles. The van der Waals surface area contributed by atoms with Gasteiger partial charge < -0.3 is 15.7 Å². The van der Waals surface area contributed by atoms with Crippen LogP contribution in [-0.4, -0.2) is 36.8 Å². The molecule has 1 rings (SSSR count). The van der Waals surface area contributed by atoms with E-state index >= 15 is 0 Å². The van der Waals surface area contributed by atoms with Gasteiger partial charge in [-0.1, -0.05) is 27.7 Å². The van der Waals surface area contributed by atoms with Crippen LogP contribution in [0.5, 0.6) is 0 Å². The molecule has 0 bridgehead atoms. The maximum absolute atomic E-state index is 12.1. The lowest BCUT2D eigenvalue weighted by molar-refractivity contribution is -0.130. The van der Waals surface area contributed by atoms with Gasteiger partial charge in [0.2, 0.25) is 5.91 Å². The summed E-state index contributed by atoms with van der Waals surface area (Å²) in [6, 6.07) is 0. The lowest BCUT2D eigenvalue weighted by Gasteiger charge is -2.26. The predicted molar refractivity (Wildman–Crippen MR) is 68.6 cm³/mol. The molecule has 1 saturated heterocycles. The van der Waals surface area contributed by atoms with Gasteiger partial charge in [-0.15, -0.1) is 0 Å². The van der Waals surface area contributed by atoms with Crippen LogP contribution in [0.2, 0.25) is 0 Å². The summed E-state index contributed by atoms with van der Waals surface area (Å²) in [5, 5.41) is 15.7. The van der Waals surface area contributed by atoms with Crippen molar-refractivity contribution in [3.05, 3.63) is 0 Å². The zero-order valence-corrected chi connectivity index (χ0v) is 11.4. The Morgan fingerprint density at radius 3 is 2.59 bits per heavy atom. The summed E-state index contributed by atoms with van der Waals surface area (Å²) in [4.78, 5) is 12.1. The summed E-state index contributed by atoms with van der Waals surface area (Å²) in [6.07, 6.45) is 0.549. The van der Waals surface area contributed by atoms with E-state index in [0.29, 0.717) is 19.0 Å². The van der Waals surface area contributed by atoms with E-state index in [2.05, 4.69) is 24.5 Å². The lowest BCUT2D eigenvalue weighted by atomic mass is 9.83. The average molecular weight is 242 g/mol. The molecular weight excluding hydrogens is 216 g/mol. The average Bonchev–Trinajstić information content (AvgIpc) is 2.58. The van der Waals surface area contributed by atoms with Crippen molar-refractivity contribution in [2.75, 3.05) is 19.6 Å². The van der Waals surface area contributed by atoms with Crippen molar-refractivity contribution in [3.8, 4) is 0 Å². The van der Waals surface area contributed by atoms with Crippen molar-refractivity contribution >= 4 is 5.91 Å². The largest absolute Gasteiger partial charge is 0.391 e. The smallest absolute Gasteiger partial charge is 0.225 e. The molecule has 0 aliphatic carbocycles. The maximum atomic E-state index is 12.1. The minimum atomic E-state index is -0.330. The van der Waals surface area contributed by atoms with Gasteiger partial charge in [0, 0.05) is 31.0 Å². The molecule has 4 nitrogen and oxygen atoms in total. The highest BCUT2D eigenvalue weighted by atomic mass is 16.3. The topological polar surface area (TPSA) is 61.4 Å². The third-order valence-electron chi connectivity index (χ3n) is 3.36. The van der Waals surface area contributed by atoms with Gasteiger partial charge in [-0.25, -0.2) is 0 Å². The summed E-state index contributed by atoms with van der Waals surface area (Å²) in [5.74, 6) is 0.744. The van der Waals surface area contributed by atoms with E-state index in [-0.39, 0.29) is 23.3 Å². The lowest BCUT2D eigenvalue weighted by Crippen LogP contribution is -2.42. The first-order valence-electron chi connectivity index (χ1n) is 6.50. The van der Waals surface area contributed by atoms with Gasteiger partial charge in [-0.2, -0.15) is 0 Å². The number of hydrogen-bond acceptors (Lipinski definition) is 3. The van der Waals surface area contributed by atoms with Crippen molar-refractivity contribution in [2.45, 2.75) is 40.2 Å². The van der Waals surface area contributed by atoms with Crippen LogP contribution in [0.25, 0.3) is 0 Å². The minimum absolute atomic E-state index is 0.0882. The van der Waals surface area contributed by atoms with Gasteiger partial charge in [0.15, 0.2) is 0 Å². The van der Waals surface area contributed by atoms with Crippen LogP contribution in [-0.2, 0) is 4.79 Å². The first-order chi connectivity index (χ1) is 7.83. The second-order valence-corrected chi connectivity index (χ2v) is 6.18. The monoisotopic (exact) mass is 242 g/mol. The Labute approximate surface area is 104 Å².